The molecule has 0 saturated heterocycles. The molecule has 0 amide bonds. The summed E-state index contributed by atoms with van der Waals surface area (Å²) in [7, 11) is 0. The fourth-order valence-corrected chi connectivity index (χ4v) is 3.22. The summed E-state index contributed by atoms with van der Waals surface area (Å²) < 4.78 is 48.9. The molecule has 0 saturated carbocycles. The maximum Gasteiger partial charge on any atom is 0.416 e. The number of ether oxygens (including phenoxy) is 2. The molecule has 0 fully saturated rings. The summed E-state index contributed by atoms with van der Waals surface area (Å²) in [4.78, 5) is 29.1. The molecule has 3 aromatic rings. The fraction of sp³-hybridized carbons (Fsp3) is 0.250. The zero-order valence-electron chi connectivity index (χ0n) is 20.9. The van der Waals surface area contributed by atoms with Gasteiger partial charge in [-0.2, -0.15) is 13.2 Å². The quantitative estimate of drug-likeness (QED) is 0.114. The maximum absolute atomic E-state index is 12.7. The Hall–Kier alpha value is -4.34. The van der Waals surface area contributed by atoms with Crippen LogP contribution < -0.4 is 9.47 Å². The van der Waals surface area contributed by atoms with Crippen LogP contribution in [-0.4, -0.2) is 36.5 Å². The van der Waals surface area contributed by atoms with Gasteiger partial charge in [0.05, 0.1) is 17.3 Å². The van der Waals surface area contributed by atoms with E-state index in [0.717, 1.165) is 29.8 Å². The van der Waals surface area contributed by atoms with Gasteiger partial charge in [0.25, 0.3) is 0 Å². The molecule has 0 aliphatic carbocycles. The van der Waals surface area contributed by atoms with Crippen molar-refractivity contribution in [3.05, 3.63) is 94.5 Å². The summed E-state index contributed by atoms with van der Waals surface area (Å²) >= 11 is 0. The van der Waals surface area contributed by atoms with E-state index in [1.54, 1.807) is 6.21 Å². The lowest BCUT2D eigenvalue weighted by Crippen LogP contribution is -2.13. The Labute approximate surface area is 217 Å². The lowest BCUT2D eigenvalue weighted by molar-refractivity contribution is -0.137. The molecule has 0 atom stereocenters. The molecule has 200 valence electrons. The lowest BCUT2D eigenvalue weighted by Gasteiger charge is -2.18. The third-order valence-corrected chi connectivity index (χ3v) is 5.33. The van der Waals surface area contributed by atoms with E-state index in [4.69, 9.17) is 14.3 Å². The van der Waals surface area contributed by atoms with Gasteiger partial charge >= 0.3 is 18.1 Å². The minimum atomic E-state index is -4.56. The van der Waals surface area contributed by atoms with E-state index in [2.05, 4.69) is 25.9 Å². The Morgan fingerprint density at radius 3 is 2.11 bits per heavy atom. The van der Waals surface area contributed by atoms with Crippen LogP contribution in [0.2, 0.25) is 0 Å². The number of alkyl halides is 3. The maximum atomic E-state index is 12.7. The summed E-state index contributed by atoms with van der Waals surface area (Å²) in [5, 5.41) is 13.3. The van der Waals surface area contributed by atoms with E-state index in [9.17, 15) is 27.9 Å². The van der Waals surface area contributed by atoms with Crippen molar-refractivity contribution in [1.82, 2.24) is 0 Å². The highest BCUT2D eigenvalue weighted by molar-refractivity contribution is 5.95. The number of carboxylic acid groups (broad SMARTS) is 1. The van der Waals surface area contributed by atoms with E-state index in [-0.39, 0.29) is 41.3 Å². The van der Waals surface area contributed by atoms with Crippen molar-refractivity contribution in [2.24, 2.45) is 5.16 Å². The topological polar surface area (TPSA) is 94.4 Å². The molecule has 0 heterocycles. The Balaban J connectivity index is 1.57. The lowest BCUT2D eigenvalue weighted by atomic mass is 9.87. The average Bonchev–Trinajstić information content (AvgIpc) is 2.85. The van der Waals surface area contributed by atoms with Gasteiger partial charge in [-0.1, -0.05) is 50.2 Å². The van der Waals surface area contributed by atoms with Crippen molar-refractivity contribution in [1.29, 1.82) is 0 Å². The van der Waals surface area contributed by atoms with Crippen molar-refractivity contribution >= 4 is 18.2 Å². The molecule has 0 aliphatic heterocycles. The van der Waals surface area contributed by atoms with Crippen LogP contribution in [0.4, 0.5) is 13.2 Å². The SMILES string of the molecule is CC(C)(C)c1ccc(C=NOCCOc2ccc(C(=O)O)c(OC(=O)c3ccc(C(F)(F)F)cc3)c2)cc1. The van der Waals surface area contributed by atoms with Crippen LogP contribution in [0.1, 0.15) is 58.2 Å². The van der Waals surface area contributed by atoms with Gasteiger partial charge in [-0.25, -0.2) is 9.59 Å². The van der Waals surface area contributed by atoms with Crippen LogP contribution in [0.25, 0.3) is 0 Å². The van der Waals surface area contributed by atoms with Gasteiger partial charge in [-0.15, -0.1) is 0 Å². The highest BCUT2D eigenvalue weighted by atomic mass is 19.4. The van der Waals surface area contributed by atoms with Crippen LogP contribution in [0.5, 0.6) is 11.5 Å². The summed E-state index contributed by atoms with van der Waals surface area (Å²) in [5.74, 6) is -2.51. The van der Waals surface area contributed by atoms with Crippen molar-refractivity contribution in [3.63, 3.8) is 0 Å². The Morgan fingerprint density at radius 2 is 1.53 bits per heavy atom. The van der Waals surface area contributed by atoms with E-state index in [1.165, 1.54) is 23.8 Å². The molecule has 1 N–H and O–H groups in total. The number of carboxylic acids is 1. The van der Waals surface area contributed by atoms with E-state index >= 15 is 0 Å². The summed E-state index contributed by atoms with van der Waals surface area (Å²) in [6, 6.07) is 15.0. The number of hydrogen-bond donors (Lipinski definition) is 1. The highest BCUT2D eigenvalue weighted by Gasteiger charge is 2.30. The number of hydrogen-bond acceptors (Lipinski definition) is 6. The molecule has 3 rings (SSSR count). The summed E-state index contributed by atoms with van der Waals surface area (Å²) in [5.41, 5.74) is 0.675. The van der Waals surface area contributed by atoms with Crippen LogP contribution in [0.3, 0.4) is 0 Å². The second-order valence-corrected chi connectivity index (χ2v) is 9.22. The molecule has 10 heteroatoms. The van der Waals surface area contributed by atoms with Gasteiger partial charge in [0.15, 0.2) is 6.61 Å². The predicted octanol–water partition coefficient (Wildman–Crippen LogP) is 6.35. The first-order valence-corrected chi connectivity index (χ1v) is 11.5. The van der Waals surface area contributed by atoms with Gasteiger partial charge in [-0.3, -0.25) is 0 Å². The highest BCUT2D eigenvalue weighted by Crippen LogP contribution is 2.30. The monoisotopic (exact) mass is 529 g/mol. The third-order valence-electron chi connectivity index (χ3n) is 5.33. The van der Waals surface area contributed by atoms with Crippen LogP contribution in [-0.2, 0) is 16.4 Å². The van der Waals surface area contributed by atoms with Crippen molar-refractivity contribution in [2.45, 2.75) is 32.4 Å². The van der Waals surface area contributed by atoms with Crippen molar-refractivity contribution in [2.75, 3.05) is 13.2 Å². The van der Waals surface area contributed by atoms with Gasteiger partial charge in [-0.05, 0) is 52.9 Å². The molecule has 7 nitrogen and oxygen atoms in total. The van der Waals surface area contributed by atoms with Crippen molar-refractivity contribution in [3.8, 4) is 11.5 Å². The first-order valence-electron chi connectivity index (χ1n) is 11.5. The van der Waals surface area contributed by atoms with Gasteiger partial charge < -0.3 is 19.4 Å². The Morgan fingerprint density at radius 1 is 0.895 bits per heavy atom. The van der Waals surface area contributed by atoms with Gasteiger partial charge in [0.2, 0.25) is 0 Å². The van der Waals surface area contributed by atoms with E-state index in [1.807, 2.05) is 24.3 Å². The van der Waals surface area contributed by atoms with E-state index < -0.39 is 23.7 Å². The number of carbonyl (C=O) groups is 2. The molecule has 0 unspecified atom stereocenters. The number of rotatable bonds is 9. The smallest absolute Gasteiger partial charge is 0.416 e. The number of oxime groups is 1. The molecule has 0 bridgehead atoms. The zero-order chi connectivity index (χ0) is 27.9. The minimum absolute atomic E-state index is 0.0482. The standard InChI is InChI=1S/C28H26F3NO6/c1-27(2,3)20-8-4-18(5-9-20)17-32-37-15-14-36-22-12-13-23(25(33)34)24(16-22)38-26(35)19-6-10-21(11-7-19)28(29,30)31/h4-13,16-17H,14-15H2,1-3H3,(H,33,34). The molecule has 0 aliphatic rings. The van der Waals surface area contributed by atoms with E-state index in [0.29, 0.717) is 0 Å². The number of nitrogens with zero attached hydrogens (tertiary/aromatic N) is 1. The Bertz CT molecular complexity index is 1290. The second-order valence-electron chi connectivity index (χ2n) is 9.22. The molecular weight excluding hydrogens is 503 g/mol. The first-order chi connectivity index (χ1) is 17.8. The average molecular weight is 530 g/mol. The second kappa shape index (κ2) is 11.8. The van der Waals surface area contributed by atoms with Crippen LogP contribution in [0.15, 0.2) is 71.9 Å². The van der Waals surface area contributed by atoms with Gasteiger partial charge in [0, 0.05) is 6.07 Å². The number of esters is 1. The predicted molar refractivity (Wildman–Crippen MR) is 134 cm³/mol. The molecule has 0 aromatic heterocycles. The van der Waals surface area contributed by atoms with Crippen LogP contribution in [0, 0.1) is 0 Å². The fourth-order valence-electron chi connectivity index (χ4n) is 3.22. The Kier molecular flexibility index (Phi) is 8.77. The third kappa shape index (κ3) is 7.83. The molecule has 0 radical (unpaired) electrons. The molecular formula is C28H26F3NO6. The number of benzene rings is 3. The number of aromatic carboxylic acids is 1. The zero-order valence-corrected chi connectivity index (χ0v) is 20.9. The largest absolute Gasteiger partial charge is 0.490 e. The molecule has 38 heavy (non-hydrogen) atoms. The molecule has 0 spiro atoms. The van der Waals surface area contributed by atoms with Crippen LogP contribution >= 0.6 is 0 Å². The summed E-state index contributed by atoms with van der Waals surface area (Å²) in [6.07, 6.45) is -3.00. The first kappa shape index (κ1) is 28.2. The number of halogens is 3. The minimum Gasteiger partial charge on any atom is -0.490 e. The number of carbonyl (C=O) groups excluding carboxylic acids is 1. The normalized spacial score (nSPS) is 11.8. The summed E-state index contributed by atoms with van der Waals surface area (Å²) in [6.45, 7) is 6.51. The van der Waals surface area contributed by atoms with Crippen molar-refractivity contribution < 1.29 is 42.2 Å². The molecule has 3 aromatic carbocycles. The van der Waals surface area contributed by atoms with Gasteiger partial charge in [0.1, 0.15) is 23.7 Å².